The number of benzene rings is 1. The Kier molecular flexibility index (Phi) is 2.94. The molecule has 0 spiro atoms. The highest BCUT2D eigenvalue weighted by Crippen LogP contribution is 2.27. The van der Waals surface area contributed by atoms with Gasteiger partial charge >= 0.3 is 16.2 Å². The van der Waals surface area contributed by atoms with Crippen LogP contribution in [0.15, 0.2) is 24.3 Å². The number of aliphatic carboxylic acids is 1. The molecule has 1 aliphatic rings. The summed E-state index contributed by atoms with van der Waals surface area (Å²) in [5.41, 5.74) is 0.174. The molecule has 0 radical (unpaired) electrons. The fourth-order valence-electron chi connectivity index (χ4n) is 1.75. The van der Waals surface area contributed by atoms with Crippen molar-refractivity contribution in [1.29, 1.82) is 5.26 Å². The molecule has 1 fully saturated rings. The van der Waals surface area contributed by atoms with E-state index in [0.717, 1.165) is 4.31 Å². The third-order valence-corrected chi connectivity index (χ3v) is 4.05. The van der Waals surface area contributed by atoms with Crippen LogP contribution in [0, 0.1) is 11.3 Å². The number of para-hydroxylation sites is 1. The first-order valence-electron chi connectivity index (χ1n) is 4.98. The van der Waals surface area contributed by atoms with Gasteiger partial charge in [0.25, 0.3) is 0 Å². The molecule has 0 saturated carbocycles. The second-order valence-corrected chi connectivity index (χ2v) is 5.26. The summed E-state index contributed by atoms with van der Waals surface area (Å²) in [4.78, 5) is 11.0. The second-order valence-electron chi connectivity index (χ2n) is 3.63. The number of anilines is 1. The van der Waals surface area contributed by atoms with Crippen LogP contribution in [0.4, 0.5) is 5.69 Å². The smallest absolute Gasteiger partial charge is 0.328 e. The van der Waals surface area contributed by atoms with Crippen molar-refractivity contribution >= 4 is 21.9 Å². The molecule has 1 aliphatic heterocycles. The summed E-state index contributed by atoms with van der Waals surface area (Å²) in [5, 5.41) is 17.9. The van der Waals surface area contributed by atoms with Gasteiger partial charge in [-0.05, 0) is 12.1 Å². The van der Waals surface area contributed by atoms with Gasteiger partial charge in [-0.1, -0.05) is 12.1 Å². The van der Waals surface area contributed by atoms with Crippen molar-refractivity contribution in [1.82, 2.24) is 4.72 Å². The van der Waals surface area contributed by atoms with Crippen LogP contribution in [0.3, 0.4) is 0 Å². The van der Waals surface area contributed by atoms with E-state index in [-0.39, 0.29) is 17.8 Å². The molecule has 1 aromatic rings. The molecule has 1 aromatic carbocycles. The number of nitrogens with one attached hydrogen (secondary N) is 1. The van der Waals surface area contributed by atoms with Crippen LogP contribution in [-0.2, 0) is 15.0 Å². The highest BCUT2D eigenvalue weighted by atomic mass is 32.2. The lowest BCUT2D eigenvalue weighted by molar-refractivity contribution is -0.137. The maximum atomic E-state index is 11.8. The summed E-state index contributed by atoms with van der Waals surface area (Å²) >= 11 is 0. The molecule has 2 rings (SSSR count). The van der Waals surface area contributed by atoms with Crippen LogP contribution in [-0.4, -0.2) is 32.1 Å². The lowest BCUT2D eigenvalue weighted by Gasteiger charge is -2.21. The molecule has 18 heavy (non-hydrogen) atoms. The Morgan fingerprint density at radius 1 is 1.50 bits per heavy atom. The zero-order valence-electron chi connectivity index (χ0n) is 9.07. The average Bonchev–Trinajstić information content (AvgIpc) is 2.65. The van der Waals surface area contributed by atoms with Gasteiger partial charge in [0.2, 0.25) is 0 Å². The minimum absolute atomic E-state index is 0.0670. The molecule has 0 aliphatic carbocycles. The number of nitriles is 1. The third kappa shape index (κ3) is 1.90. The first-order valence-corrected chi connectivity index (χ1v) is 6.42. The number of nitrogens with zero attached hydrogens (tertiary/aromatic N) is 2. The van der Waals surface area contributed by atoms with Crippen molar-refractivity contribution in [3.05, 3.63) is 29.8 Å². The molecule has 8 heteroatoms. The maximum absolute atomic E-state index is 11.8. The summed E-state index contributed by atoms with van der Waals surface area (Å²) in [5.74, 6) is -1.27. The number of carboxylic acids is 1. The van der Waals surface area contributed by atoms with Crippen LogP contribution in [0.25, 0.3) is 0 Å². The van der Waals surface area contributed by atoms with E-state index in [1.54, 1.807) is 12.1 Å². The molecule has 0 amide bonds. The van der Waals surface area contributed by atoms with Crippen LogP contribution in [0.5, 0.6) is 0 Å². The van der Waals surface area contributed by atoms with Crippen molar-refractivity contribution in [2.75, 3.05) is 10.8 Å². The number of rotatable bonds is 2. The number of hydrogen-bond donors (Lipinski definition) is 2. The minimum atomic E-state index is -3.92. The Bertz CT molecular complexity index is 635. The molecule has 94 valence electrons. The molecule has 1 heterocycles. The van der Waals surface area contributed by atoms with E-state index < -0.39 is 22.2 Å². The van der Waals surface area contributed by atoms with Crippen molar-refractivity contribution < 1.29 is 18.3 Å². The van der Waals surface area contributed by atoms with E-state index in [1.807, 2.05) is 6.07 Å². The maximum Gasteiger partial charge on any atom is 0.328 e. The van der Waals surface area contributed by atoms with Crippen LogP contribution >= 0.6 is 0 Å². The van der Waals surface area contributed by atoms with E-state index >= 15 is 0 Å². The van der Waals surface area contributed by atoms with Gasteiger partial charge in [-0.15, -0.1) is 0 Å². The Morgan fingerprint density at radius 3 is 2.78 bits per heavy atom. The molecule has 1 saturated heterocycles. The quantitative estimate of drug-likeness (QED) is 0.762. The van der Waals surface area contributed by atoms with Crippen LogP contribution in [0.1, 0.15) is 5.56 Å². The SMILES string of the molecule is N#Cc1ccccc1N1C(C(=O)O)CNS1(=O)=O. The Hall–Kier alpha value is -2.11. The molecule has 1 atom stereocenters. The molecular formula is C10H9N3O4S. The standard InChI is InChI=1S/C10H9N3O4S/c11-5-7-3-1-2-4-8(7)13-9(10(14)15)6-12-18(13,16)17/h1-4,9,12H,6H2,(H,14,15). The van der Waals surface area contributed by atoms with E-state index in [1.165, 1.54) is 12.1 Å². The first kappa shape index (κ1) is 12.3. The Morgan fingerprint density at radius 2 is 2.17 bits per heavy atom. The lowest BCUT2D eigenvalue weighted by atomic mass is 10.1. The number of carboxylic acid groups (broad SMARTS) is 1. The predicted octanol–water partition coefficient (Wildman–Crippen LogP) is -0.334. The second kappa shape index (κ2) is 4.29. The number of carbonyl (C=O) groups is 1. The number of hydrogen-bond acceptors (Lipinski definition) is 4. The summed E-state index contributed by atoms with van der Waals surface area (Å²) in [6, 6.07) is 6.55. The fourth-order valence-corrected chi connectivity index (χ4v) is 3.18. The Balaban J connectivity index is 2.59. The molecule has 0 bridgehead atoms. The summed E-state index contributed by atoms with van der Waals surface area (Å²) in [6.45, 7) is -0.225. The first-order chi connectivity index (χ1) is 8.47. The lowest BCUT2D eigenvalue weighted by Crippen LogP contribution is -2.40. The van der Waals surface area contributed by atoms with E-state index in [4.69, 9.17) is 10.4 Å². The monoisotopic (exact) mass is 267 g/mol. The summed E-state index contributed by atoms with van der Waals surface area (Å²) < 4.78 is 26.4. The predicted molar refractivity (Wildman–Crippen MR) is 62.0 cm³/mol. The fraction of sp³-hybridized carbons (Fsp3) is 0.200. The van der Waals surface area contributed by atoms with Gasteiger partial charge in [-0.25, -0.2) is 9.10 Å². The highest BCUT2D eigenvalue weighted by Gasteiger charge is 2.42. The molecule has 1 unspecified atom stereocenters. The van der Waals surface area contributed by atoms with Gasteiger partial charge in [0, 0.05) is 6.54 Å². The van der Waals surface area contributed by atoms with Gasteiger partial charge < -0.3 is 5.11 Å². The largest absolute Gasteiger partial charge is 0.480 e. The van der Waals surface area contributed by atoms with Crippen molar-refractivity contribution in [2.24, 2.45) is 0 Å². The van der Waals surface area contributed by atoms with Crippen LogP contribution < -0.4 is 9.03 Å². The Labute approximate surface area is 103 Å². The van der Waals surface area contributed by atoms with Gasteiger partial charge in [0.15, 0.2) is 6.04 Å². The van der Waals surface area contributed by atoms with Crippen molar-refractivity contribution in [3.63, 3.8) is 0 Å². The van der Waals surface area contributed by atoms with Gasteiger partial charge in [-0.2, -0.15) is 18.4 Å². The zero-order chi connectivity index (χ0) is 13.3. The highest BCUT2D eigenvalue weighted by molar-refractivity contribution is 7.91. The third-order valence-electron chi connectivity index (χ3n) is 2.55. The molecule has 7 nitrogen and oxygen atoms in total. The van der Waals surface area contributed by atoms with E-state index in [9.17, 15) is 13.2 Å². The van der Waals surface area contributed by atoms with Gasteiger partial charge in [-0.3, -0.25) is 0 Å². The molecular weight excluding hydrogens is 258 g/mol. The average molecular weight is 267 g/mol. The van der Waals surface area contributed by atoms with E-state index in [0.29, 0.717) is 0 Å². The van der Waals surface area contributed by atoms with Crippen molar-refractivity contribution in [2.45, 2.75) is 6.04 Å². The van der Waals surface area contributed by atoms with Crippen LogP contribution in [0.2, 0.25) is 0 Å². The summed E-state index contributed by atoms with van der Waals surface area (Å²) in [7, 11) is -3.92. The normalized spacial score (nSPS) is 21.5. The molecule has 0 aromatic heterocycles. The van der Waals surface area contributed by atoms with Gasteiger partial charge in [0.05, 0.1) is 11.3 Å². The summed E-state index contributed by atoms with van der Waals surface area (Å²) in [6.07, 6.45) is 0. The molecule has 2 N–H and O–H groups in total. The van der Waals surface area contributed by atoms with Gasteiger partial charge in [0.1, 0.15) is 6.07 Å². The topological polar surface area (TPSA) is 110 Å². The van der Waals surface area contributed by atoms with Crippen molar-refractivity contribution in [3.8, 4) is 6.07 Å². The van der Waals surface area contributed by atoms with E-state index in [2.05, 4.69) is 4.72 Å². The minimum Gasteiger partial charge on any atom is -0.480 e. The zero-order valence-corrected chi connectivity index (χ0v) is 9.88.